The van der Waals surface area contributed by atoms with Gasteiger partial charge < -0.3 is 13.6 Å². The van der Waals surface area contributed by atoms with E-state index in [1.165, 1.54) is 6.08 Å². The highest BCUT2D eigenvalue weighted by Gasteiger charge is 2.22. The highest BCUT2D eigenvalue weighted by molar-refractivity contribution is 9.10. The second-order valence-corrected chi connectivity index (χ2v) is 6.11. The fourth-order valence-corrected chi connectivity index (χ4v) is 2.49. The van der Waals surface area contributed by atoms with E-state index < -0.39 is 11.4 Å². The van der Waals surface area contributed by atoms with Gasteiger partial charge in [-0.1, -0.05) is 17.7 Å². The first-order valence-corrected chi connectivity index (χ1v) is 7.93. The Bertz CT molecular complexity index is 1010. The van der Waals surface area contributed by atoms with Crippen LogP contribution in [-0.2, 0) is 4.79 Å². The number of allylic oxidation sites excluding steroid dienone is 1. The average molecular weight is 389 g/mol. The number of esters is 1. The molecule has 0 radical (unpaired) electrons. The maximum absolute atomic E-state index is 12.7. The van der Waals surface area contributed by atoms with Crippen LogP contribution in [0.25, 0.3) is 22.5 Å². The van der Waals surface area contributed by atoms with E-state index in [1.807, 2.05) is 0 Å². The van der Waals surface area contributed by atoms with E-state index in [-0.39, 0.29) is 17.3 Å². The van der Waals surface area contributed by atoms with E-state index in [9.17, 15) is 9.59 Å². The van der Waals surface area contributed by atoms with Crippen LogP contribution in [0.2, 0.25) is 0 Å². The Morgan fingerprint density at radius 3 is 2.54 bits per heavy atom. The Kier molecular flexibility index (Phi) is 4.40. The fourth-order valence-electron chi connectivity index (χ4n) is 2.18. The quantitative estimate of drug-likeness (QED) is 0.480. The molecule has 0 amide bonds. The van der Waals surface area contributed by atoms with Crippen molar-refractivity contribution in [3.05, 3.63) is 62.9 Å². The van der Waals surface area contributed by atoms with Gasteiger partial charge in [-0.2, -0.15) is 0 Å². The molecule has 5 nitrogen and oxygen atoms in total. The molecule has 0 unspecified atom stereocenters. The smallest absolute Gasteiger partial charge is 0.336 e. The SMILES string of the molecule is CC(C)=CC(=O)Oc1c(-c2ccc(Br)o2)oc2ccccc2c1=O. The molecule has 122 valence electrons. The molecule has 2 aromatic heterocycles. The molecule has 2 heterocycles. The van der Waals surface area contributed by atoms with Gasteiger partial charge in [-0.05, 0) is 54.0 Å². The third kappa shape index (κ3) is 3.19. The molecule has 3 rings (SSSR count). The molecule has 0 N–H and O–H groups in total. The monoisotopic (exact) mass is 388 g/mol. The van der Waals surface area contributed by atoms with Crippen LogP contribution >= 0.6 is 15.9 Å². The summed E-state index contributed by atoms with van der Waals surface area (Å²) in [7, 11) is 0. The molecular weight excluding hydrogens is 376 g/mol. The lowest BCUT2D eigenvalue weighted by molar-refractivity contribution is -0.129. The summed E-state index contributed by atoms with van der Waals surface area (Å²) in [6.07, 6.45) is 1.30. The lowest BCUT2D eigenvalue weighted by Crippen LogP contribution is -2.14. The van der Waals surface area contributed by atoms with Crippen molar-refractivity contribution in [3.8, 4) is 17.3 Å². The largest absolute Gasteiger partial charge is 0.449 e. The molecule has 0 aliphatic heterocycles. The van der Waals surface area contributed by atoms with Crippen LogP contribution in [0, 0.1) is 0 Å². The summed E-state index contributed by atoms with van der Waals surface area (Å²) in [4.78, 5) is 24.7. The maximum atomic E-state index is 12.7. The number of furan rings is 1. The molecule has 0 spiro atoms. The van der Waals surface area contributed by atoms with Gasteiger partial charge in [0, 0.05) is 6.08 Å². The van der Waals surface area contributed by atoms with Crippen molar-refractivity contribution < 1.29 is 18.4 Å². The standard InChI is InChI=1S/C18H13BrO5/c1-10(2)9-15(20)24-18-16(21)11-5-3-4-6-12(11)23-17(18)13-7-8-14(19)22-13/h3-9H,1-2H3. The number of para-hydroxylation sites is 1. The summed E-state index contributed by atoms with van der Waals surface area (Å²) < 4.78 is 17.0. The third-order valence-electron chi connectivity index (χ3n) is 3.16. The van der Waals surface area contributed by atoms with Crippen molar-refractivity contribution in [1.82, 2.24) is 0 Å². The van der Waals surface area contributed by atoms with E-state index in [0.717, 1.165) is 5.57 Å². The first-order valence-electron chi connectivity index (χ1n) is 7.14. The summed E-state index contributed by atoms with van der Waals surface area (Å²) in [6.45, 7) is 3.52. The van der Waals surface area contributed by atoms with E-state index in [2.05, 4.69) is 15.9 Å². The van der Waals surface area contributed by atoms with Crippen LogP contribution in [0.3, 0.4) is 0 Å². The van der Waals surface area contributed by atoms with Gasteiger partial charge in [-0.15, -0.1) is 0 Å². The van der Waals surface area contributed by atoms with Gasteiger partial charge in [0.2, 0.25) is 16.9 Å². The zero-order valence-electron chi connectivity index (χ0n) is 13.0. The van der Waals surface area contributed by atoms with E-state index >= 15 is 0 Å². The summed E-state index contributed by atoms with van der Waals surface area (Å²) in [5, 5.41) is 0.326. The number of ether oxygens (including phenoxy) is 1. The van der Waals surface area contributed by atoms with Crippen LogP contribution < -0.4 is 10.2 Å². The predicted octanol–water partition coefficient (Wildman–Crippen LogP) is 4.69. The molecule has 0 atom stereocenters. The molecule has 1 aromatic carbocycles. The van der Waals surface area contributed by atoms with Gasteiger partial charge in [0.15, 0.2) is 10.4 Å². The van der Waals surface area contributed by atoms with Crippen LogP contribution in [-0.4, -0.2) is 5.97 Å². The van der Waals surface area contributed by atoms with E-state index in [4.69, 9.17) is 13.6 Å². The van der Waals surface area contributed by atoms with Crippen molar-refractivity contribution in [1.29, 1.82) is 0 Å². The van der Waals surface area contributed by atoms with Crippen molar-refractivity contribution >= 4 is 32.9 Å². The molecule has 6 heteroatoms. The highest BCUT2D eigenvalue weighted by Crippen LogP contribution is 2.33. The maximum Gasteiger partial charge on any atom is 0.336 e. The molecule has 24 heavy (non-hydrogen) atoms. The molecule has 0 bridgehead atoms. The zero-order chi connectivity index (χ0) is 17.3. The minimum atomic E-state index is -0.649. The van der Waals surface area contributed by atoms with Gasteiger partial charge in [0.25, 0.3) is 0 Å². The normalized spacial score (nSPS) is 10.6. The van der Waals surface area contributed by atoms with Crippen LogP contribution in [0.15, 0.2) is 66.3 Å². The fraction of sp³-hybridized carbons (Fsp3) is 0.111. The molecule has 0 saturated heterocycles. The zero-order valence-corrected chi connectivity index (χ0v) is 14.5. The number of hydrogen-bond donors (Lipinski definition) is 0. The van der Waals surface area contributed by atoms with Crippen LogP contribution in [0.4, 0.5) is 0 Å². The number of fused-ring (bicyclic) bond motifs is 1. The van der Waals surface area contributed by atoms with Crippen molar-refractivity contribution in [2.24, 2.45) is 0 Å². The lowest BCUT2D eigenvalue weighted by Gasteiger charge is -2.07. The minimum absolute atomic E-state index is 0.0694. The molecular formula is C18H13BrO5. The molecule has 0 saturated carbocycles. The number of benzene rings is 1. The second kappa shape index (κ2) is 6.49. The van der Waals surface area contributed by atoms with Crippen LogP contribution in [0.1, 0.15) is 13.8 Å². The van der Waals surface area contributed by atoms with Crippen molar-refractivity contribution in [2.75, 3.05) is 0 Å². The average Bonchev–Trinajstić information content (AvgIpc) is 2.95. The van der Waals surface area contributed by atoms with Crippen molar-refractivity contribution in [2.45, 2.75) is 13.8 Å². The predicted molar refractivity (Wildman–Crippen MR) is 93.0 cm³/mol. The van der Waals surface area contributed by atoms with E-state index in [1.54, 1.807) is 50.2 Å². The highest BCUT2D eigenvalue weighted by atomic mass is 79.9. The third-order valence-corrected chi connectivity index (χ3v) is 3.59. The van der Waals surface area contributed by atoms with Gasteiger partial charge in [0.05, 0.1) is 5.39 Å². The number of halogens is 1. The topological polar surface area (TPSA) is 69.7 Å². The Morgan fingerprint density at radius 1 is 1.12 bits per heavy atom. The first kappa shape index (κ1) is 16.3. The Hall–Kier alpha value is -2.60. The number of hydrogen-bond acceptors (Lipinski definition) is 5. The Morgan fingerprint density at radius 2 is 1.88 bits per heavy atom. The van der Waals surface area contributed by atoms with Crippen LogP contribution in [0.5, 0.6) is 5.75 Å². The molecule has 0 aliphatic carbocycles. The Balaban J connectivity index is 2.24. The Labute approximate surface area is 145 Å². The summed E-state index contributed by atoms with van der Waals surface area (Å²) >= 11 is 3.20. The minimum Gasteiger partial charge on any atom is -0.449 e. The number of carbonyl (C=O) groups is 1. The molecule has 0 fully saturated rings. The van der Waals surface area contributed by atoms with E-state index in [0.29, 0.717) is 15.6 Å². The summed E-state index contributed by atoms with van der Waals surface area (Å²) in [5.41, 5.74) is 0.703. The first-order chi connectivity index (χ1) is 11.5. The second-order valence-electron chi connectivity index (χ2n) is 5.33. The number of carbonyl (C=O) groups excluding carboxylic acids is 1. The molecule has 3 aromatic rings. The van der Waals surface area contributed by atoms with Crippen molar-refractivity contribution in [3.63, 3.8) is 0 Å². The van der Waals surface area contributed by atoms with Gasteiger partial charge in [-0.25, -0.2) is 4.79 Å². The summed E-state index contributed by atoms with van der Waals surface area (Å²) in [5.74, 6) is -0.493. The molecule has 0 aliphatic rings. The van der Waals surface area contributed by atoms with Gasteiger partial charge >= 0.3 is 5.97 Å². The number of rotatable bonds is 3. The van der Waals surface area contributed by atoms with Gasteiger partial charge in [-0.3, -0.25) is 4.79 Å². The lowest BCUT2D eigenvalue weighted by atomic mass is 10.2. The van der Waals surface area contributed by atoms with Gasteiger partial charge in [0.1, 0.15) is 5.58 Å². The summed E-state index contributed by atoms with van der Waals surface area (Å²) in [6, 6.07) is 10.0.